The number of hydrogen-bond donors (Lipinski definition) is 0. The second-order valence-electron chi connectivity index (χ2n) is 12.2. The van der Waals surface area contributed by atoms with E-state index < -0.39 is 0 Å². The van der Waals surface area contributed by atoms with Crippen LogP contribution in [-0.4, -0.2) is 4.57 Å². The van der Waals surface area contributed by atoms with Crippen molar-refractivity contribution in [2.45, 2.75) is 0 Å². The molecule has 8 aromatic carbocycles. The minimum atomic E-state index is 0.882. The molecule has 0 saturated carbocycles. The molecule has 1 aromatic heterocycles. The number of ether oxygens (including phenoxy) is 1. The largest absolute Gasteiger partial charge is 0.453 e. The lowest BCUT2D eigenvalue weighted by Crippen LogP contribution is -2.09. The molecule has 1 aliphatic rings. The van der Waals surface area contributed by atoms with E-state index in [4.69, 9.17) is 4.74 Å². The van der Waals surface area contributed by atoms with Crippen LogP contribution >= 0.6 is 0 Å². The van der Waals surface area contributed by atoms with Crippen molar-refractivity contribution >= 4 is 60.4 Å². The molecule has 0 aliphatic carbocycles. The Labute approximate surface area is 272 Å². The number of nitrogens with zero attached hydrogens (tertiary/aromatic N) is 2. The Balaban J connectivity index is 1.08. The number of aromatic nitrogens is 1. The topological polar surface area (TPSA) is 17.4 Å². The standard InChI is InChI=1S/C44H28N2O/c1-2-10-33(11-3-1)45(35-24-25-37-32(27-35)18-17-30-9-4-5-12-36(30)37)34-22-19-29(20-23-34)31-21-26-40-39(28-31)38-13-8-16-43-44(38)46(40)41-14-6-7-15-42(41)47-43/h1-28H. The monoisotopic (exact) mass is 600 g/mol. The van der Waals surface area contributed by atoms with E-state index in [1.807, 2.05) is 12.1 Å². The first-order valence-electron chi connectivity index (χ1n) is 16.0. The summed E-state index contributed by atoms with van der Waals surface area (Å²) in [6.07, 6.45) is 0. The molecule has 3 nitrogen and oxygen atoms in total. The highest BCUT2D eigenvalue weighted by atomic mass is 16.5. The zero-order valence-electron chi connectivity index (χ0n) is 25.5. The van der Waals surface area contributed by atoms with Crippen molar-refractivity contribution in [3.05, 3.63) is 170 Å². The highest BCUT2D eigenvalue weighted by Gasteiger charge is 2.23. The van der Waals surface area contributed by atoms with Crippen LogP contribution in [0.4, 0.5) is 17.1 Å². The number of hydrogen-bond acceptors (Lipinski definition) is 2. The van der Waals surface area contributed by atoms with Gasteiger partial charge < -0.3 is 14.2 Å². The maximum atomic E-state index is 6.32. The van der Waals surface area contributed by atoms with Crippen molar-refractivity contribution in [1.82, 2.24) is 4.57 Å². The lowest BCUT2D eigenvalue weighted by molar-refractivity contribution is 0.476. The Hall–Kier alpha value is -6.32. The second kappa shape index (κ2) is 10.1. The fraction of sp³-hybridized carbons (Fsp3) is 0. The molecule has 0 spiro atoms. The maximum absolute atomic E-state index is 6.32. The van der Waals surface area contributed by atoms with Crippen LogP contribution in [0.15, 0.2) is 170 Å². The molecule has 0 atom stereocenters. The molecule has 9 aromatic rings. The van der Waals surface area contributed by atoms with Crippen LogP contribution in [0.5, 0.6) is 11.5 Å². The summed E-state index contributed by atoms with van der Waals surface area (Å²) in [6, 6.07) is 60.8. The Morgan fingerprint density at radius 3 is 2.00 bits per heavy atom. The van der Waals surface area contributed by atoms with Gasteiger partial charge in [0.05, 0.1) is 16.7 Å². The van der Waals surface area contributed by atoms with Gasteiger partial charge in [-0.15, -0.1) is 0 Å². The summed E-state index contributed by atoms with van der Waals surface area (Å²) in [4.78, 5) is 2.34. The molecule has 0 amide bonds. The van der Waals surface area contributed by atoms with E-state index in [2.05, 4.69) is 167 Å². The minimum absolute atomic E-state index is 0.882. The van der Waals surface area contributed by atoms with Crippen LogP contribution in [0.3, 0.4) is 0 Å². The lowest BCUT2D eigenvalue weighted by atomic mass is 10.0. The summed E-state index contributed by atoms with van der Waals surface area (Å²) >= 11 is 0. The SMILES string of the molecule is c1ccc(N(c2ccc(-c3ccc4c(c3)c3cccc5c3n4-c3ccccc3O5)cc2)c2ccc3c(ccc4ccccc43)c2)cc1. The van der Waals surface area contributed by atoms with Crippen LogP contribution < -0.4 is 9.64 Å². The smallest absolute Gasteiger partial charge is 0.152 e. The van der Waals surface area contributed by atoms with Gasteiger partial charge in [0, 0.05) is 27.8 Å². The highest BCUT2D eigenvalue weighted by Crippen LogP contribution is 2.46. The maximum Gasteiger partial charge on any atom is 0.152 e. The number of para-hydroxylation sites is 4. The number of fused-ring (bicyclic) bond motifs is 8. The van der Waals surface area contributed by atoms with Gasteiger partial charge in [0.25, 0.3) is 0 Å². The molecule has 220 valence electrons. The van der Waals surface area contributed by atoms with Crippen molar-refractivity contribution in [3.63, 3.8) is 0 Å². The van der Waals surface area contributed by atoms with Gasteiger partial charge in [-0.3, -0.25) is 0 Å². The predicted molar refractivity (Wildman–Crippen MR) is 196 cm³/mol. The molecule has 47 heavy (non-hydrogen) atoms. The average molecular weight is 601 g/mol. The summed E-state index contributed by atoms with van der Waals surface area (Å²) in [5, 5.41) is 7.46. The third-order valence-corrected chi connectivity index (χ3v) is 9.54. The van der Waals surface area contributed by atoms with Crippen molar-refractivity contribution in [1.29, 1.82) is 0 Å². The van der Waals surface area contributed by atoms with Crippen molar-refractivity contribution in [3.8, 4) is 28.3 Å². The fourth-order valence-electron chi connectivity index (χ4n) is 7.36. The molecule has 0 N–H and O–H groups in total. The molecular formula is C44H28N2O. The van der Waals surface area contributed by atoms with Crippen LogP contribution in [0.25, 0.3) is 60.2 Å². The zero-order chi connectivity index (χ0) is 30.9. The van der Waals surface area contributed by atoms with Crippen molar-refractivity contribution in [2.24, 2.45) is 0 Å². The van der Waals surface area contributed by atoms with E-state index in [0.29, 0.717) is 0 Å². The molecule has 0 saturated heterocycles. The highest BCUT2D eigenvalue weighted by molar-refractivity contribution is 6.13. The lowest BCUT2D eigenvalue weighted by Gasteiger charge is -2.26. The number of benzene rings is 8. The summed E-state index contributed by atoms with van der Waals surface area (Å²) in [5.41, 5.74) is 9.11. The normalized spacial score (nSPS) is 12.0. The zero-order valence-corrected chi connectivity index (χ0v) is 25.5. The van der Waals surface area contributed by atoms with Crippen LogP contribution in [0.2, 0.25) is 0 Å². The van der Waals surface area contributed by atoms with Crippen LogP contribution in [0, 0.1) is 0 Å². The molecule has 0 radical (unpaired) electrons. The third-order valence-electron chi connectivity index (χ3n) is 9.54. The first-order valence-corrected chi connectivity index (χ1v) is 16.0. The van der Waals surface area contributed by atoms with E-state index in [0.717, 1.165) is 39.8 Å². The number of anilines is 3. The Morgan fingerprint density at radius 1 is 0.404 bits per heavy atom. The second-order valence-corrected chi connectivity index (χ2v) is 12.2. The Bertz CT molecular complexity index is 2650. The Kier molecular flexibility index (Phi) is 5.57. The predicted octanol–water partition coefficient (Wildman–Crippen LogP) is 12.3. The van der Waals surface area contributed by atoms with E-state index in [1.165, 1.54) is 49.0 Å². The summed E-state index contributed by atoms with van der Waals surface area (Å²) in [7, 11) is 0. The van der Waals surface area contributed by atoms with Crippen molar-refractivity contribution in [2.75, 3.05) is 4.90 Å². The van der Waals surface area contributed by atoms with Gasteiger partial charge in [0.1, 0.15) is 0 Å². The van der Waals surface area contributed by atoms with Crippen LogP contribution in [0.1, 0.15) is 0 Å². The quantitative estimate of drug-likeness (QED) is 0.187. The van der Waals surface area contributed by atoms with Gasteiger partial charge in [-0.2, -0.15) is 0 Å². The molecule has 3 heteroatoms. The summed E-state index contributed by atoms with van der Waals surface area (Å²) in [6.45, 7) is 0. The fourth-order valence-corrected chi connectivity index (χ4v) is 7.36. The molecule has 0 unspecified atom stereocenters. The van der Waals surface area contributed by atoms with E-state index in [-0.39, 0.29) is 0 Å². The van der Waals surface area contributed by atoms with E-state index in [1.54, 1.807) is 0 Å². The molecule has 1 aliphatic heterocycles. The van der Waals surface area contributed by atoms with Gasteiger partial charge in [-0.1, -0.05) is 103 Å². The Morgan fingerprint density at radius 2 is 1.09 bits per heavy atom. The first-order chi connectivity index (χ1) is 23.3. The molecule has 0 bridgehead atoms. The minimum Gasteiger partial charge on any atom is -0.453 e. The summed E-state index contributed by atoms with van der Waals surface area (Å²) < 4.78 is 8.66. The molecule has 10 rings (SSSR count). The first kappa shape index (κ1) is 26.0. The average Bonchev–Trinajstić information content (AvgIpc) is 3.47. The van der Waals surface area contributed by atoms with E-state index in [9.17, 15) is 0 Å². The number of rotatable bonds is 4. The van der Waals surface area contributed by atoms with Gasteiger partial charge in [-0.25, -0.2) is 0 Å². The van der Waals surface area contributed by atoms with Gasteiger partial charge in [0.2, 0.25) is 0 Å². The third kappa shape index (κ3) is 4.00. The molecule has 2 heterocycles. The van der Waals surface area contributed by atoms with Gasteiger partial charge in [-0.05, 0) is 99.4 Å². The van der Waals surface area contributed by atoms with Gasteiger partial charge in [0.15, 0.2) is 11.5 Å². The summed E-state index contributed by atoms with van der Waals surface area (Å²) in [5.74, 6) is 1.78. The van der Waals surface area contributed by atoms with E-state index >= 15 is 0 Å². The van der Waals surface area contributed by atoms with Gasteiger partial charge >= 0.3 is 0 Å². The van der Waals surface area contributed by atoms with Crippen molar-refractivity contribution < 1.29 is 4.74 Å². The van der Waals surface area contributed by atoms with Crippen LogP contribution in [-0.2, 0) is 0 Å². The molecular weight excluding hydrogens is 572 g/mol. The molecule has 0 fully saturated rings.